The minimum absolute atomic E-state index is 0.165. The minimum Gasteiger partial charge on any atom is -0.396 e. The second-order valence-corrected chi connectivity index (χ2v) is 4.78. The molecule has 0 radical (unpaired) electrons. The molecule has 0 fully saturated rings. The number of fused-ring (bicyclic) bond motifs is 1. The Labute approximate surface area is 108 Å². The van der Waals surface area contributed by atoms with Crippen molar-refractivity contribution in [1.82, 2.24) is 0 Å². The monoisotopic (exact) mass is 246 g/mol. The summed E-state index contributed by atoms with van der Waals surface area (Å²) in [4.78, 5) is 3.30. The predicted molar refractivity (Wildman–Crippen MR) is 69.3 cm³/mol. The number of aryl methyl sites for hydroxylation is 1. The number of nitrogens with zero attached hydrogens (tertiary/aromatic N) is 1. The SMILES string of the molecule is Cc1[nH+]c(NCCCO)c(C#N)c2c1CCCC2. The topological polar surface area (TPSA) is 70.2 Å². The molecule has 0 saturated carbocycles. The molecule has 0 saturated heterocycles. The Balaban J connectivity index is 2.35. The summed E-state index contributed by atoms with van der Waals surface area (Å²) in [5, 5.41) is 21.4. The van der Waals surface area contributed by atoms with E-state index in [0.717, 1.165) is 29.9 Å². The first-order chi connectivity index (χ1) is 8.77. The van der Waals surface area contributed by atoms with Gasteiger partial charge in [-0.15, -0.1) is 0 Å². The highest BCUT2D eigenvalue weighted by Gasteiger charge is 2.23. The number of hydrogen-bond acceptors (Lipinski definition) is 3. The Bertz CT molecular complexity index is 477. The number of hydrogen-bond donors (Lipinski definition) is 2. The van der Waals surface area contributed by atoms with E-state index in [0.29, 0.717) is 13.0 Å². The van der Waals surface area contributed by atoms with Gasteiger partial charge in [-0.2, -0.15) is 5.26 Å². The highest BCUT2D eigenvalue weighted by molar-refractivity contribution is 5.56. The first kappa shape index (κ1) is 12.8. The zero-order valence-electron chi connectivity index (χ0n) is 10.8. The molecular formula is C14H20N3O+. The highest BCUT2D eigenvalue weighted by Crippen LogP contribution is 2.27. The number of nitriles is 1. The molecule has 4 heteroatoms. The van der Waals surface area contributed by atoms with E-state index in [-0.39, 0.29) is 6.61 Å². The lowest BCUT2D eigenvalue weighted by Crippen LogP contribution is -2.24. The maximum Gasteiger partial charge on any atom is 0.290 e. The third-order valence-corrected chi connectivity index (χ3v) is 3.53. The summed E-state index contributed by atoms with van der Waals surface area (Å²) >= 11 is 0. The minimum atomic E-state index is 0.165. The molecule has 4 nitrogen and oxygen atoms in total. The Morgan fingerprint density at radius 2 is 2.06 bits per heavy atom. The van der Waals surface area contributed by atoms with E-state index in [1.807, 2.05) is 0 Å². The van der Waals surface area contributed by atoms with Gasteiger partial charge in [0.05, 0.1) is 6.54 Å². The molecule has 0 aromatic carbocycles. The Morgan fingerprint density at radius 3 is 2.72 bits per heavy atom. The molecular weight excluding hydrogens is 226 g/mol. The van der Waals surface area contributed by atoms with Gasteiger partial charge in [-0.3, -0.25) is 5.32 Å². The van der Waals surface area contributed by atoms with E-state index in [2.05, 4.69) is 23.3 Å². The fourth-order valence-corrected chi connectivity index (χ4v) is 2.62. The molecule has 2 rings (SSSR count). The maximum absolute atomic E-state index is 9.36. The highest BCUT2D eigenvalue weighted by atomic mass is 16.3. The van der Waals surface area contributed by atoms with Crippen LogP contribution < -0.4 is 10.3 Å². The van der Waals surface area contributed by atoms with Crippen LogP contribution in [-0.2, 0) is 12.8 Å². The number of aromatic amines is 1. The van der Waals surface area contributed by atoms with Crippen LogP contribution in [0.5, 0.6) is 0 Å². The number of aliphatic hydroxyl groups excluding tert-OH is 1. The second-order valence-electron chi connectivity index (χ2n) is 4.78. The van der Waals surface area contributed by atoms with Gasteiger partial charge >= 0.3 is 0 Å². The molecule has 0 unspecified atom stereocenters. The lowest BCUT2D eigenvalue weighted by molar-refractivity contribution is -0.372. The standard InChI is InChI=1S/C14H19N3O/c1-10-11-5-2-3-6-12(11)13(9-15)14(17-10)16-7-4-8-18/h18H,2-8H2,1H3,(H,16,17)/p+1. The Morgan fingerprint density at radius 1 is 1.33 bits per heavy atom. The molecule has 1 aliphatic rings. The predicted octanol–water partition coefficient (Wildman–Crippen LogP) is 1.35. The van der Waals surface area contributed by atoms with Gasteiger partial charge in [-0.1, -0.05) is 0 Å². The van der Waals surface area contributed by atoms with Crippen LogP contribution in [0.1, 0.15) is 41.6 Å². The lowest BCUT2D eigenvalue weighted by Gasteiger charge is -2.18. The second kappa shape index (κ2) is 5.83. The number of rotatable bonds is 4. The number of nitrogens with one attached hydrogen (secondary N) is 2. The molecule has 1 aromatic rings. The molecule has 0 bridgehead atoms. The van der Waals surface area contributed by atoms with E-state index in [1.54, 1.807) is 0 Å². The van der Waals surface area contributed by atoms with E-state index in [4.69, 9.17) is 5.11 Å². The zero-order valence-corrected chi connectivity index (χ0v) is 10.8. The van der Waals surface area contributed by atoms with Crippen molar-refractivity contribution in [1.29, 1.82) is 5.26 Å². The number of aliphatic hydroxyl groups is 1. The molecule has 1 aliphatic carbocycles. The molecule has 18 heavy (non-hydrogen) atoms. The average Bonchev–Trinajstić information content (AvgIpc) is 2.39. The molecule has 96 valence electrons. The number of H-pyrrole nitrogens is 1. The summed E-state index contributed by atoms with van der Waals surface area (Å²) < 4.78 is 0. The van der Waals surface area contributed by atoms with E-state index < -0.39 is 0 Å². The van der Waals surface area contributed by atoms with Gasteiger partial charge < -0.3 is 5.11 Å². The largest absolute Gasteiger partial charge is 0.396 e. The fraction of sp³-hybridized carbons (Fsp3) is 0.571. The van der Waals surface area contributed by atoms with Crippen LogP contribution in [0.25, 0.3) is 0 Å². The quantitative estimate of drug-likeness (QED) is 0.788. The van der Waals surface area contributed by atoms with Crippen molar-refractivity contribution in [2.45, 2.75) is 39.0 Å². The van der Waals surface area contributed by atoms with Crippen LogP contribution in [0.3, 0.4) is 0 Å². The summed E-state index contributed by atoms with van der Waals surface area (Å²) in [7, 11) is 0. The first-order valence-electron chi connectivity index (χ1n) is 6.60. The van der Waals surface area contributed by atoms with Gasteiger partial charge in [0, 0.05) is 13.0 Å². The van der Waals surface area contributed by atoms with Crippen LogP contribution in [0, 0.1) is 18.3 Å². The van der Waals surface area contributed by atoms with Crippen molar-refractivity contribution in [2.75, 3.05) is 18.5 Å². The van der Waals surface area contributed by atoms with Crippen molar-refractivity contribution in [3.8, 4) is 6.07 Å². The molecule has 0 atom stereocenters. The summed E-state index contributed by atoms with van der Waals surface area (Å²) in [5.74, 6) is 0.809. The molecule has 1 heterocycles. The van der Waals surface area contributed by atoms with Gasteiger partial charge in [-0.05, 0) is 43.7 Å². The van der Waals surface area contributed by atoms with E-state index in [1.165, 1.54) is 24.0 Å². The van der Waals surface area contributed by atoms with Crippen LogP contribution in [-0.4, -0.2) is 18.3 Å². The average molecular weight is 246 g/mol. The van der Waals surface area contributed by atoms with Crippen molar-refractivity contribution in [2.24, 2.45) is 0 Å². The van der Waals surface area contributed by atoms with Crippen LogP contribution in [0.2, 0.25) is 0 Å². The van der Waals surface area contributed by atoms with Crippen LogP contribution in [0.15, 0.2) is 0 Å². The number of pyridine rings is 1. The van der Waals surface area contributed by atoms with Gasteiger partial charge in [0.25, 0.3) is 5.82 Å². The third-order valence-electron chi connectivity index (χ3n) is 3.53. The molecule has 0 amide bonds. The number of aromatic nitrogens is 1. The molecule has 0 spiro atoms. The normalized spacial score (nSPS) is 13.8. The summed E-state index contributed by atoms with van der Waals surface area (Å²) in [6.07, 6.45) is 5.14. The zero-order chi connectivity index (χ0) is 13.0. The van der Waals surface area contributed by atoms with Crippen LogP contribution in [0.4, 0.5) is 5.82 Å². The third kappa shape index (κ3) is 2.46. The molecule has 0 aliphatic heterocycles. The van der Waals surface area contributed by atoms with E-state index >= 15 is 0 Å². The fourth-order valence-electron chi connectivity index (χ4n) is 2.62. The van der Waals surface area contributed by atoms with Crippen molar-refractivity contribution in [3.63, 3.8) is 0 Å². The summed E-state index contributed by atoms with van der Waals surface area (Å²) in [6.45, 7) is 2.92. The van der Waals surface area contributed by atoms with Gasteiger partial charge in [-0.25, -0.2) is 4.98 Å². The first-order valence-corrected chi connectivity index (χ1v) is 6.60. The Kier molecular flexibility index (Phi) is 4.16. The molecule has 3 N–H and O–H groups in total. The van der Waals surface area contributed by atoms with Crippen molar-refractivity contribution < 1.29 is 10.1 Å². The lowest BCUT2D eigenvalue weighted by atomic mass is 9.88. The van der Waals surface area contributed by atoms with Gasteiger partial charge in [0.15, 0.2) is 0 Å². The molecule has 1 aromatic heterocycles. The van der Waals surface area contributed by atoms with Gasteiger partial charge in [0.1, 0.15) is 17.3 Å². The smallest absolute Gasteiger partial charge is 0.290 e. The van der Waals surface area contributed by atoms with E-state index in [9.17, 15) is 5.26 Å². The van der Waals surface area contributed by atoms with Gasteiger partial charge in [0.2, 0.25) is 0 Å². The number of anilines is 1. The van der Waals surface area contributed by atoms with Crippen LogP contribution >= 0.6 is 0 Å². The summed E-state index contributed by atoms with van der Waals surface area (Å²) in [5.41, 5.74) is 4.46. The van der Waals surface area contributed by atoms with Crippen molar-refractivity contribution in [3.05, 3.63) is 22.4 Å². The maximum atomic E-state index is 9.36. The Hall–Kier alpha value is -1.60. The van der Waals surface area contributed by atoms with Crippen molar-refractivity contribution >= 4 is 5.82 Å². The summed E-state index contributed by atoms with van der Waals surface area (Å²) in [6, 6.07) is 2.32.